The Morgan fingerprint density at radius 2 is 1.68 bits per heavy atom. The van der Waals surface area contributed by atoms with Gasteiger partial charge in [0.15, 0.2) is 0 Å². The van der Waals surface area contributed by atoms with Gasteiger partial charge in [0.05, 0.1) is 0 Å². The molecule has 1 N–H and O–H groups in total. The molecule has 0 saturated heterocycles. The number of aryl methyl sites for hydroxylation is 1. The molecule has 0 heterocycles. The third kappa shape index (κ3) is 3.38. The summed E-state index contributed by atoms with van der Waals surface area (Å²) in [6.07, 6.45) is 0.700. The van der Waals surface area contributed by atoms with Crippen LogP contribution in [0.3, 0.4) is 0 Å². The van der Waals surface area contributed by atoms with Crippen LogP contribution in [0.1, 0.15) is 22.7 Å². The van der Waals surface area contributed by atoms with Crippen molar-refractivity contribution < 1.29 is 8.78 Å². The van der Waals surface area contributed by atoms with Crippen LogP contribution < -0.4 is 5.32 Å². The van der Waals surface area contributed by atoms with E-state index in [0.717, 1.165) is 6.07 Å². The zero-order valence-electron chi connectivity index (χ0n) is 11.1. The van der Waals surface area contributed by atoms with Crippen molar-refractivity contribution in [2.45, 2.75) is 19.4 Å². The first-order valence-corrected chi connectivity index (χ1v) is 6.28. The van der Waals surface area contributed by atoms with Gasteiger partial charge in [0, 0.05) is 12.1 Å². The molecular weight excluding hydrogens is 244 g/mol. The van der Waals surface area contributed by atoms with E-state index in [1.807, 2.05) is 31.2 Å². The molecule has 1 nitrogen and oxygen atoms in total. The molecule has 0 radical (unpaired) electrons. The molecule has 2 aromatic carbocycles. The highest BCUT2D eigenvalue weighted by molar-refractivity contribution is 5.29. The number of nitrogens with one attached hydrogen (secondary N) is 1. The Bertz CT molecular complexity index is 546. The Balaban J connectivity index is 2.28. The Morgan fingerprint density at radius 1 is 1.05 bits per heavy atom. The van der Waals surface area contributed by atoms with Crippen molar-refractivity contribution in [3.63, 3.8) is 0 Å². The summed E-state index contributed by atoms with van der Waals surface area (Å²) in [5.74, 6) is -1.08. The normalized spacial score (nSPS) is 12.4. The van der Waals surface area contributed by atoms with Crippen LogP contribution >= 0.6 is 0 Å². The Kier molecular flexibility index (Phi) is 4.27. The molecule has 0 bridgehead atoms. The highest BCUT2D eigenvalue weighted by Crippen LogP contribution is 2.21. The quantitative estimate of drug-likeness (QED) is 0.883. The number of rotatable bonds is 4. The molecule has 0 amide bonds. The van der Waals surface area contributed by atoms with E-state index >= 15 is 0 Å². The fraction of sp³-hybridized carbons (Fsp3) is 0.250. The summed E-state index contributed by atoms with van der Waals surface area (Å²) in [6.45, 7) is 2.04. The van der Waals surface area contributed by atoms with Crippen molar-refractivity contribution in [2.75, 3.05) is 7.05 Å². The number of hydrogen-bond acceptors (Lipinski definition) is 1. The number of halogens is 2. The van der Waals surface area contributed by atoms with Crippen molar-refractivity contribution in [3.05, 3.63) is 70.8 Å². The van der Waals surface area contributed by atoms with Gasteiger partial charge in [0.1, 0.15) is 11.6 Å². The van der Waals surface area contributed by atoms with Crippen molar-refractivity contribution in [2.24, 2.45) is 0 Å². The molecule has 19 heavy (non-hydrogen) atoms. The van der Waals surface area contributed by atoms with Crippen LogP contribution in [0, 0.1) is 18.6 Å². The maximum absolute atomic E-state index is 13.3. The average molecular weight is 261 g/mol. The third-order valence-corrected chi connectivity index (χ3v) is 3.32. The minimum atomic E-state index is -0.542. The predicted octanol–water partition coefficient (Wildman–Crippen LogP) is 3.78. The van der Waals surface area contributed by atoms with Crippen LogP contribution in [0.15, 0.2) is 42.5 Å². The molecule has 0 aliphatic carbocycles. The topological polar surface area (TPSA) is 12.0 Å². The lowest BCUT2D eigenvalue weighted by molar-refractivity contribution is 0.550. The summed E-state index contributed by atoms with van der Waals surface area (Å²) in [6, 6.07) is 11.6. The second kappa shape index (κ2) is 5.93. The van der Waals surface area contributed by atoms with Crippen molar-refractivity contribution >= 4 is 0 Å². The van der Waals surface area contributed by atoms with Gasteiger partial charge in [-0.15, -0.1) is 0 Å². The average Bonchev–Trinajstić information content (AvgIpc) is 2.36. The van der Waals surface area contributed by atoms with Crippen LogP contribution in [-0.2, 0) is 6.42 Å². The van der Waals surface area contributed by atoms with Crippen molar-refractivity contribution in [1.29, 1.82) is 0 Å². The van der Waals surface area contributed by atoms with Crippen molar-refractivity contribution in [1.82, 2.24) is 5.32 Å². The maximum atomic E-state index is 13.3. The van der Waals surface area contributed by atoms with Crippen LogP contribution in [0.25, 0.3) is 0 Å². The number of hydrogen-bond donors (Lipinski definition) is 1. The molecule has 100 valence electrons. The van der Waals surface area contributed by atoms with E-state index < -0.39 is 11.6 Å². The second-order valence-electron chi connectivity index (χ2n) is 4.67. The molecule has 0 saturated carbocycles. The summed E-state index contributed by atoms with van der Waals surface area (Å²) < 4.78 is 26.5. The van der Waals surface area contributed by atoms with Gasteiger partial charge < -0.3 is 5.32 Å². The second-order valence-corrected chi connectivity index (χ2v) is 4.67. The monoisotopic (exact) mass is 261 g/mol. The van der Waals surface area contributed by atoms with Gasteiger partial charge in [-0.1, -0.05) is 24.3 Å². The fourth-order valence-electron chi connectivity index (χ4n) is 2.22. The minimum absolute atomic E-state index is 0.105. The lowest BCUT2D eigenvalue weighted by atomic mass is 9.96. The van der Waals surface area contributed by atoms with Crippen LogP contribution in [0.2, 0.25) is 0 Å². The molecule has 0 aliphatic rings. The summed E-state index contributed by atoms with van der Waals surface area (Å²) in [5.41, 5.74) is 2.98. The van der Waals surface area contributed by atoms with Gasteiger partial charge in [-0.3, -0.25) is 0 Å². The van der Waals surface area contributed by atoms with Crippen LogP contribution in [-0.4, -0.2) is 7.05 Å². The summed E-state index contributed by atoms with van der Waals surface area (Å²) in [7, 11) is 1.80. The van der Waals surface area contributed by atoms with E-state index in [1.165, 1.54) is 23.3 Å². The highest BCUT2D eigenvalue weighted by Gasteiger charge is 2.13. The zero-order chi connectivity index (χ0) is 13.8. The number of benzene rings is 2. The van der Waals surface area contributed by atoms with Gasteiger partial charge in [-0.05, 0) is 49.2 Å². The first-order valence-electron chi connectivity index (χ1n) is 6.28. The lowest BCUT2D eigenvalue weighted by Crippen LogP contribution is -2.19. The Labute approximate surface area is 112 Å². The van der Waals surface area contributed by atoms with Gasteiger partial charge in [0.25, 0.3) is 0 Å². The van der Waals surface area contributed by atoms with Gasteiger partial charge in [-0.2, -0.15) is 0 Å². The number of likely N-dealkylation sites (N-methyl/N-ethyl adjacent to an activating group) is 1. The van der Waals surface area contributed by atoms with Gasteiger partial charge in [-0.25, -0.2) is 8.78 Å². The summed E-state index contributed by atoms with van der Waals surface area (Å²) in [4.78, 5) is 0. The highest BCUT2D eigenvalue weighted by atomic mass is 19.1. The van der Waals surface area contributed by atoms with E-state index in [0.29, 0.717) is 12.0 Å². The minimum Gasteiger partial charge on any atom is -0.313 e. The molecule has 0 spiro atoms. The molecule has 2 rings (SSSR count). The Morgan fingerprint density at radius 3 is 2.26 bits per heavy atom. The lowest BCUT2D eigenvalue weighted by Gasteiger charge is -2.18. The molecule has 1 unspecified atom stereocenters. The molecular formula is C16H17F2N. The first kappa shape index (κ1) is 13.7. The SMILES string of the molecule is CNC(Cc1ccccc1C)c1cc(F)cc(F)c1. The van der Waals surface area contributed by atoms with E-state index in [9.17, 15) is 8.78 Å². The molecule has 3 heteroatoms. The van der Waals surface area contributed by atoms with Crippen molar-refractivity contribution in [3.8, 4) is 0 Å². The molecule has 0 aliphatic heterocycles. The van der Waals surface area contributed by atoms with Crippen LogP contribution in [0.4, 0.5) is 8.78 Å². The molecule has 2 aromatic rings. The summed E-state index contributed by atoms with van der Waals surface area (Å²) in [5, 5.41) is 3.12. The maximum Gasteiger partial charge on any atom is 0.126 e. The largest absolute Gasteiger partial charge is 0.313 e. The fourth-order valence-corrected chi connectivity index (χ4v) is 2.22. The third-order valence-electron chi connectivity index (χ3n) is 3.32. The molecule has 0 aromatic heterocycles. The van der Waals surface area contributed by atoms with E-state index in [1.54, 1.807) is 7.05 Å². The first-order chi connectivity index (χ1) is 9.10. The Hall–Kier alpha value is -1.74. The van der Waals surface area contributed by atoms with Gasteiger partial charge >= 0.3 is 0 Å². The van der Waals surface area contributed by atoms with Crippen LogP contribution in [0.5, 0.6) is 0 Å². The van der Waals surface area contributed by atoms with Gasteiger partial charge in [0.2, 0.25) is 0 Å². The van der Waals surface area contributed by atoms with E-state index in [4.69, 9.17) is 0 Å². The predicted molar refractivity (Wildman–Crippen MR) is 73.0 cm³/mol. The van der Waals surface area contributed by atoms with E-state index in [-0.39, 0.29) is 6.04 Å². The van der Waals surface area contributed by atoms with E-state index in [2.05, 4.69) is 5.32 Å². The standard InChI is InChI=1S/C16H17F2N/c1-11-5-3-4-6-12(11)9-16(19-2)13-7-14(17)10-15(18)8-13/h3-8,10,16,19H,9H2,1-2H3. The molecule has 0 fully saturated rings. The molecule has 1 atom stereocenters. The zero-order valence-corrected chi connectivity index (χ0v) is 11.1. The summed E-state index contributed by atoms with van der Waals surface area (Å²) >= 11 is 0. The smallest absolute Gasteiger partial charge is 0.126 e.